The van der Waals surface area contributed by atoms with Crippen molar-refractivity contribution in [2.45, 2.75) is 24.0 Å². The van der Waals surface area contributed by atoms with Crippen LogP contribution in [0, 0.1) is 0 Å². The second kappa shape index (κ2) is 8.95. The molecule has 178 valence electrons. The Labute approximate surface area is 192 Å². The zero-order valence-corrected chi connectivity index (χ0v) is 18.2. The summed E-state index contributed by atoms with van der Waals surface area (Å²) in [5.74, 6) is -1.02. The van der Waals surface area contributed by atoms with Gasteiger partial charge < -0.3 is 15.1 Å². The highest BCUT2D eigenvalue weighted by atomic mass is 32.2. The number of halogens is 3. The lowest BCUT2D eigenvalue weighted by Crippen LogP contribution is -2.37. The standard InChI is InChI=1S/C22H18F3N3O5S/c23-22(24,25)17-5-1-2-6-19(17)27-21(30)13-28(12-15-4-3-9-33-15)34(31,32)16-7-8-18-14(10-16)11-20(29)26-18/h1-10H,11-13H2,(H,26,29)(H,27,30). The summed E-state index contributed by atoms with van der Waals surface area (Å²) in [6, 6.07) is 11.5. The third-order valence-electron chi connectivity index (χ3n) is 5.08. The van der Waals surface area contributed by atoms with E-state index in [0.29, 0.717) is 11.3 Å². The number of nitrogens with zero attached hydrogens (tertiary/aromatic N) is 1. The number of nitrogens with one attached hydrogen (secondary N) is 2. The molecule has 12 heteroatoms. The molecule has 0 saturated heterocycles. The molecule has 0 atom stereocenters. The first-order chi connectivity index (χ1) is 16.0. The van der Waals surface area contributed by atoms with Gasteiger partial charge in [0, 0.05) is 5.69 Å². The normalized spacial score (nSPS) is 13.6. The fourth-order valence-corrected chi connectivity index (χ4v) is 4.92. The number of hydrogen-bond acceptors (Lipinski definition) is 5. The molecule has 4 rings (SSSR count). The van der Waals surface area contributed by atoms with E-state index < -0.39 is 39.9 Å². The van der Waals surface area contributed by atoms with E-state index in [1.807, 2.05) is 0 Å². The number of carbonyl (C=O) groups excluding carboxylic acids is 2. The average Bonchev–Trinajstić information content (AvgIpc) is 3.40. The second-order valence-corrected chi connectivity index (χ2v) is 9.43. The molecule has 0 aliphatic carbocycles. The van der Waals surface area contributed by atoms with Crippen molar-refractivity contribution in [3.8, 4) is 0 Å². The number of alkyl halides is 3. The molecule has 2 heterocycles. The summed E-state index contributed by atoms with van der Waals surface area (Å²) in [4.78, 5) is 24.1. The average molecular weight is 493 g/mol. The van der Waals surface area contributed by atoms with Gasteiger partial charge in [0.25, 0.3) is 0 Å². The largest absolute Gasteiger partial charge is 0.468 e. The van der Waals surface area contributed by atoms with Crippen molar-refractivity contribution in [2.24, 2.45) is 0 Å². The summed E-state index contributed by atoms with van der Waals surface area (Å²) in [7, 11) is -4.29. The first-order valence-electron chi connectivity index (χ1n) is 9.95. The lowest BCUT2D eigenvalue weighted by atomic mass is 10.1. The molecule has 3 aromatic rings. The number of para-hydroxylation sites is 1. The van der Waals surface area contributed by atoms with Crippen molar-refractivity contribution >= 4 is 33.2 Å². The number of furan rings is 1. The second-order valence-electron chi connectivity index (χ2n) is 7.49. The van der Waals surface area contributed by atoms with Crippen molar-refractivity contribution in [3.05, 3.63) is 77.7 Å². The zero-order valence-electron chi connectivity index (χ0n) is 17.4. The van der Waals surface area contributed by atoms with Crippen molar-refractivity contribution < 1.29 is 35.6 Å². The molecule has 1 aromatic heterocycles. The quantitative estimate of drug-likeness (QED) is 0.523. The smallest absolute Gasteiger partial charge is 0.418 e. The van der Waals surface area contributed by atoms with E-state index in [-0.39, 0.29) is 29.5 Å². The highest BCUT2D eigenvalue weighted by molar-refractivity contribution is 7.89. The Hall–Kier alpha value is -3.64. The van der Waals surface area contributed by atoms with E-state index in [1.54, 1.807) is 0 Å². The fourth-order valence-electron chi connectivity index (χ4n) is 3.51. The van der Waals surface area contributed by atoms with Crippen molar-refractivity contribution in [1.82, 2.24) is 4.31 Å². The minimum atomic E-state index is -4.71. The van der Waals surface area contributed by atoms with Crippen LogP contribution in [0.2, 0.25) is 0 Å². The van der Waals surface area contributed by atoms with Crippen molar-refractivity contribution in [3.63, 3.8) is 0 Å². The minimum Gasteiger partial charge on any atom is -0.468 e. The lowest BCUT2D eigenvalue weighted by Gasteiger charge is -2.22. The maximum absolute atomic E-state index is 13.4. The third kappa shape index (κ3) is 4.97. The number of hydrogen-bond donors (Lipinski definition) is 2. The number of amides is 2. The maximum Gasteiger partial charge on any atom is 0.418 e. The van der Waals surface area contributed by atoms with Gasteiger partial charge >= 0.3 is 6.18 Å². The van der Waals surface area contributed by atoms with Gasteiger partial charge in [-0.25, -0.2) is 8.42 Å². The Bertz CT molecular complexity index is 1340. The van der Waals surface area contributed by atoms with E-state index in [2.05, 4.69) is 10.6 Å². The number of carbonyl (C=O) groups is 2. The topological polar surface area (TPSA) is 109 Å². The van der Waals surface area contributed by atoms with Gasteiger partial charge in [-0.15, -0.1) is 0 Å². The molecule has 2 amide bonds. The SMILES string of the molecule is O=C1Cc2cc(S(=O)(=O)N(CC(=O)Nc3ccccc3C(F)(F)F)Cc3ccco3)ccc2N1. The van der Waals surface area contributed by atoms with Crippen LogP contribution in [0.15, 0.2) is 70.2 Å². The number of fused-ring (bicyclic) bond motifs is 1. The summed E-state index contributed by atoms with van der Waals surface area (Å²) < 4.78 is 72.5. The molecule has 2 N–H and O–H groups in total. The molecule has 1 aliphatic rings. The van der Waals surface area contributed by atoms with Crippen LogP contribution in [0.25, 0.3) is 0 Å². The summed E-state index contributed by atoms with van der Waals surface area (Å²) in [6.07, 6.45) is -3.38. The Morgan fingerprint density at radius 2 is 1.88 bits per heavy atom. The van der Waals surface area contributed by atoms with Crippen LogP contribution >= 0.6 is 0 Å². The van der Waals surface area contributed by atoms with Crippen LogP contribution in [0.1, 0.15) is 16.9 Å². The van der Waals surface area contributed by atoms with Crippen molar-refractivity contribution in [1.29, 1.82) is 0 Å². The van der Waals surface area contributed by atoms with Crippen LogP contribution in [0.4, 0.5) is 24.5 Å². The van der Waals surface area contributed by atoms with Gasteiger partial charge in [-0.2, -0.15) is 17.5 Å². The molecule has 0 fully saturated rings. The highest BCUT2D eigenvalue weighted by Gasteiger charge is 2.34. The van der Waals surface area contributed by atoms with E-state index in [4.69, 9.17) is 4.42 Å². The van der Waals surface area contributed by atoms with E-state index in [9.17, 15) is 31.2 Å². The third-order valence-corrected chi connectivity index (χ3v) is 6.87. The number of sulfonamides is 1. The fraction of sp³-hybridized carbons (Fsp3) is 0.182. The minimum absolute atomic E-state index is 0.00555. The summed E-state index contributed by atoms with van der Waals surface area (Å²) in [5.41, 5.74) is -0.576. The van der Waals surface area contributed by atoms with E-state index in [1.165, 1.54) is 48.7 Å². The van der Waals surface area contributed by atoms with Gasteiger partial charge in [0.2, 0.25) is 21.8 Å². The molecule has 2 aromatic carbocycles. The molecule has 0 spiro atoms. The van der Waals surface area contributed by atoms with E-state index >= 15 is 0 Å². The van der Waals surface area contributed by atoms with Crippen LogP contribution < -0.4 is 10.6 Å². The molecule has 0 unspecified atom stereocenters. The molecule has 0 saturated carbocycles. The molecule has 34 heavy (non-hydrogen) atoms. The van der Waals surface area contributed by atoms with Gasteiger partial charge in [-0.1, -0.05) is 12.1 Å². The monoisotopic (exact) mass is 493 g/mol. The van der Waals surface area contributed by atoms with Gasteiger partial charge in [-0.05, 0) is 48.0 Å². The van der Waals surface area contributed by atoms with Crippen molar-refractivity contribution in [2.75, 3.05) is 17.2 Å². The van der Waals surface area contributed by atoms with Crippen LogP contribution in [-0.2, 0) is 38.8 Å². The van der Waals surface area contributed by atoms with E-state index in [0.717, 1.165) is 16.4 Å². The first kappa shape index (κ1) is 23.5. The predicted molar refractivity (Wildman–Crippen MR) is 115 cm³/mol. The Morgan fingerprint density at radius 1 is 1.12 bits per heavy atom. The van der Waals surface area contributed by atoms with Gasteiger partial charge in [0.1, 0.15) is 5.76 Å². The Balaban J connectivity index is 1.62. The summed E-state index contributed by atoms with van der Waals surface area (Å²) in [5, 5.41) is 4.75. The molecule has 0 bridgehead atoms. The molecule has 8 nitrogen and oxygen atoms in total. The summed E-state index contributed by atoms with van der Waals surface area (Å²) >= 11 is 0. The number of anilines is 2. The molecule has 1 aliphatic heterocycles. The predicted octanol–water partition coefficient (Wildman–Crippen LogP) is 3.62. The molecule has 0 radical (unpaired) electrons. The Morgan fingerprint density at radius 3 is 2.59 bits per heavy atom. The van der Waals surface area contributed by atoms with Gasteiger partial charge in [-0.3, -0.25) is 9.59 Å². The number of rotatable bonds is 7. The molecular weight excluding hydrogens is 475 g/mol. The van der Waals surface area contributed by atoms with Gasteiger partial charge in [0.05, 0.1) is 41.9 Å². The van der Waals surface area contributed by atoms with Gasteiger partial charge in [0.15, 0.2) is 0 Å². The first-order valence-corrected chi connectivity index (χ1v) is 11.4. The highest BCUT2D eigenvalue weighted by Crippen LogP contribution is 2.34. The zero-order chi connectivity index (χ0) is 24.5. The van der Waals surface area contributed by atoms with Crippen LogP contribution in [-0.4, -0.2) is 31.1 Å². The number of benzene rings is 2. The summed E-state index contributed by atoms with van der Waals surface area (Å²) in [6.45, 7) is -1.11. The molecular formula is C22H18F3N3O5S. The Kier molecular flexibility index (Phi) is 6.19. The maximum atomic E-state index is 13.4. The van der Waals surface area contributed by atoms with Crippen LogP contribution in [0.5, 0.6) is 0 Å². The lowest BCUT2D eigenvalue weighted by molar-refractivity contribution is -0.137. The van der Waals surface area contributed by atoms with Crippen LogP contribution in [0.3, 0.4) is 0 Å².